The maximum absolute atomic E-state index is 11.5. The van der Waals surface area contributed by atoms with Gasteiger partial charge in [-0.3, -0.25) is 29.1 Å². The molecule has 12 heteroatoms. The Morgan fingerprint density at radius 1 is 0.722 bits per heavy atom. The lowest BCUT2D eigenvalue weighted by atomic mass is 10.1. The summed E-state index contributed by atoms with van der Waals surface area (Å²) in [5, 5.41) is 29.7. The highest BCUT2D eigenvalue weighted by molar-refractivity contribution is 6.08. The summed E-state index contributed by atoms with van der Waals surface area (Å²) in [6.45, 7) is 0.920. The van der Waals surface area contributed by atoms with E-state index in [1.807, 2.05) is 24.3 Å². The molecule has 0 spiro atoms. The van der Waals surface area contributed by atoms with Crippen molar-refractivity contribution in [2.24, 2.45) is 0 Å². The van der Waals surface area contributed by atoms with Crippen molar-refractivity contribution in [1.29, 1.82) is 0 Å². The van der Waals surface area contributed by atoms with E-state index in [9.17, 15) is 29.7 Å². The first kappa shape index (κ1) is 25.2. The van der Waals surface area contributed by atoms with Gasteiger partial charge in [0.1, 0.15) is 0 Å². The van der Waals surface area contributed by atoms with Gasteiger partial charge in [0.15, 0.2) is 0 Å². The number of nitrogen functional groups attached to an aromatic ring is 1. The Morgan fingerprint density at radius 3 is 1.75 bits per heavy atom. The van der Waals surface area contributed by atoms with Crippen LogP contribution in [0.2, 0.25) is 0 Å². The number of pyridine rings is 2. The van der Waals surface area contributed by atoms with Crippen molar-refractivity contribution in [3.63, 3.8) is 0 Å². The average molecular weight is 497 g/mol. The minimum Gasteiger partial charge on any atom is -0.480 e. The van der Waals surface area contributed by atoms with E-state index in [-0.39, 0.29) is 45.8 Å². The largest absolute Gasteiger partial charge is 0.480 e. The number of carboxylic acids is 3. The van der Waals surface area contributed by atoms with Gasteiger partial charge in [0.25, 0.3) is 0 Å². The standard InChI is InChI=1S/C24H28N6O6/c25-19-9-15-1-2-16-10-29(13-21(33)34)7-5-28(12-20(31)32)6-8-30(14-22(35)36)11-17-3-4-18(19)24(27-17)23(15)26-16/h1-4,9H,5-8,10-14,25H2,(H,31,32)(H,33,34)(H,35,36). The van der Waals surface area contributed by atoms with Crippen LogP contribution in [0, 0.1) is 0 Å². The Balaban J connectivity index is 1.81. The summed E-state index contributed by atoms with van der Waals surface area (Å²) in [6, 6.07) is 9.13. The van der Waals surface area contributed by atoms with Gasteiger partial charge in [-0.1, -0.05) is 6.07 Å². The monoisotopic (exact) mass is 496 g/mol. The van der Waals surface area contributed by atoms with Crippen molar-refractivity contribution < 1.29 is 29.7 Å². The summed E-state index contributed by atoms with van der Waals surface area (Å²) >= 11 is 0. The molecule has 0 saturated carbocycles. The normalized spacial score (nSPS) is 16.4. The number of carboxylic acid groups (broad SMARTS) is 3. The van der Waals surface area contributed by atoms with Crippen LogP contribution in [-0.4, -0.2) is 104 Å². The number of nitrogens with zero attached hydrogens (tertiary/aromatic N) is 5. The summed E-state index contributed by atoms with van der Waals surface area (Å²) in [5.41, 5.74) is 9.30. The molecular formula is C24H28N6O6. The highest BCUT2D eigenvalue weighted by atomic mass is 16.4. The average Bonchev–Trinajstić information content (AvgIpc) is 2.79. The minimum absolute atomic E-state index is 0.239. The second-order valence-electron chi connectivity index (χ2n) is 8.92. The molecule has 0 radical (unpaired) electrons. The van der Waals surface area contributed by atoms with Gasteiger partial charge in [-0.05, 0) is 24.3 Å². The quantitative estimate of drug-likeness (QED) is 0.276. The molecule has 4 bridgehead atoms. The van der Waals surface area contributed by atoms with Gasteiger partial charge in [0.2, 0.25) is 0 Å². The van der Waals surface area contributed by atoms with Crippen LogP contribution in [0.4, 0.5) is 5.69 Å². The van der Waals surface area contributed by atoms with E-state index >= 15 is 0 Å². The lowest BCUT2D eigenvalue weighted by Crippen LogP contribution is -2.43. The van der Waals surface area contributed by atoms with Crippen molar-refractivity contribution >= 4 is 45.4 Å². The fourth-order valence-electron chi connectivity index (χ4n) is 4.45. The molecule has 190 valence electrons. The van der Waals surface area contributed by atoms with Crippen molar-refractivity contribution in [1.82, 2.24) is 24.7 Å². The molecule has 1 aliphatic rings. The van der Waals surface area contributed by atoms with Crippen LogP contribution in [-0.2, 0) is 27.5 Å². The number of hydrogen-bond acceptors (Lipinski definition) is 9. The topological polar surface area (TPSA) is 173 Å². The lowest BCUT2D eigenvalue weighted by Gasteiger charge is -2.28. The maximum Gasteiger partial charge on any atom is 0.317 e. The summed E-state index contributed by atoms with van der Waals surface area (Å²) in [6.07, 6.45) is 0. The van der Waals surface area contributed by atoms with E-state index in [1.54, 1.807) is 20.8 Å². The molecule has 0 atom stereocenters. The Hall–Kier alpha value is -3.87. The zero-order chi connectivity index (χ0) is 25.8. The highest BCUT2D eigenvalue weighted by Gasteiger charge is 2.20. The summed E-state index contributed by atoms with van der Waals surface area (Å²) < 4.78 is 0. The molecule has 3 heterocycles. The molecule has 1 aliphatic heterocycles. The Bertz CT molecular complexity index is 1320. The predicted octanol–water partition coefficient (Wildman–Crippen LogP) is 0.539. The third-order valence-corrected chi connectivity index (χ3v) is 6.10. The van der Waals surface area contributed by atoms with E-state index in [4.69, 9.17) is 15.7 Å². The fraction of sp³-hybridized carbons (Fsp3) is 0.375. The highest BCUT2D eigenvalue weighted by Crippen LogP contribution is 2.29. The van der Waals surface area contributed by atoms with Crippen LogP contribution < -0.4 is 5.73 Å². The van der Waals surface area contributed by atoms with Crippen molar-refractivity contribution in [3.05, 3.63) is 41.7 Å². The number of rotatable bonds is 6. The van der Waals surface area contributed by atoms with Gasteiger partial charge >= 0.3 is 17.9 Å². The zero-order valence-electron chi connectivity index (χ0n) is 19.6. The molecular weight excluding hydrogens is 468 g/mol. The summed E-state index contributed by atoms with van der Waals surface area (Å²) in [4.78, 5) is 49.1. The molecule has 4 rings (SSSR count). The SMILES string of the molecule is Nc1cc2ccc3nc2c2nc(ccc12)CN(CC(=O)O)CCN(CC(=O)O)CCN(CC(=O)O)C3. The first-order valence-electron chi connectivity index (χ1n) is 11.5. The smallest absolute Gasteiger partial charge is 0.317 e. The number of aromatic nitrogens is 2. The Morgan fingerprint density at radius 2 is 1.19 bits per heavy atom. The molecule has 5 N–H and O–H groups in total. The van der Waals surface area contributed by atoms with Crippen LogP contribution in [0.25, 0.3) is 21.8 Å². The number of fused-ring (bicyclic) bond motifs is 2. The Labute approximate surface area is 206 Å². The van der Waals surface area contributed by atoms with Gasteiger partial charge in [-0.25, -0.2) is 9.97 Å². The fourth-order valence-corrected chi connectivity index (χ4v) is 4.45. The van der Waals surface area contributed by atoms with E-state index in [0.717, 1.165) is 10.8 Å². The van der Waals surface area contributed by atoms with Crippen molar-refractivity contribution in [3.8, 4) is 0 Å². The van der Waals surface area contributed by atoms with Crippen molar-refractivity contribution in [2.45, 2.75) is 13.1 Å². The van der Waals surface area contributed by atoms with Gasteiger partial charge < -0.3 is 21.1 Å². The van der Waals surface area contributed by atoms with Crippen LogP contribution in [0.15, 0.2) is 30.3 Å². The molecule has 0 amide bonds. The molecule has 0 saturated heterocycles. The molecule has 36 heavy (non-hydrogen) atoms. The maximum atomic E-state index is 11.5. The van der Waals surface area contributed by atoms with Gasteiger partial charge in [-0.15, -0.1) is 0 Å². The molecule has 12 nitrogen and oxygen atoms in total. The number of nitrogens with two attached hydrogens (primary N) is 1. The lowest BCUT2D eigenvalue weighted by molar-refractivity contribution is -0.140. The van der Waals surface area contributed by atoms with Crippen LogP contribution in [0.1, 0.15) is 11.4 Å². The number of benzene rings is 1. The number of hydrogen-bond donors (Lipinski definition) is 4. The first-order chi connectivity index (χ1) is 17.2. The zero-order valence-corrected chi connectivity index (χ0v) is 19.6. The molecule has 0 unspecified atom stereocenters. The molecule has 1 aromatic carbocycles. The van der Waals surface area contributed by atoms with Crippen LogP contribution in [0.5, 0.6) is 0 Å². The van der Waals surface area contributed by atoms with Crippen LogP contribution in [0.3, 0.4) is 0 Å². The summed E-state index contributed by atoms with van der Waals surface area (Å²) in [5.74, 6) is -3.03. The predicted molar refractivity (Wildman–Crippen MR) is 131 cm³/mol. The number of carbonyl (C=O) groups is 3. The van der Waals surface area contributed by atoms with Gasteiger partial charge in [-0.2, -0.15) is 0 Å². The van der Waals surface area contributed by atoms with E-state index in [0.29, 0.717) is 41.2 Å². The Kier molecular flexibility index (Phi) is 7.58. The summed E-state index contributed by atoms with van der Waals surface area (Å²) in [7, 11) is 0. The van der Waals surface area contributed by atoms with Gasteiger partial charge in [0, 0.05) is 55.7 Å². The second-order valence-corrected chi connectivity index (χ2v) is 8.92. The van der Waals surface area contributed by atoms with Crippen LogP contribution >= 0.6 is 0 Å². The molecule has 0 fully saturated rings. The number of aliphatic carboxylic acids is 3. The third-order valence-electron chi connectivity index (χ3n) is 6.10. The molecule has 2 aromatic heterocycles. The number of anilines is 1. The minimum atomic E-state index is -1.02. The van der Waals surface area contributed by atoms with E-state index in [2.05, 4.69) is 0 Å². The third kappa shape index (κ3) is 6.22. The van der Waals surface area contributed by atoms with Gasteiger partial charge in [0.05, 0.1) is 42.1 Å². The van der Waals surface area contributed by atoms with E-state index < -0.39 is 17.9 Å². The van der Waals surface area contributed by atoms with Crippen molar-refractivity contribution in [2.75, 3.05) is 51.5 Å². The molecule has 0 aliphatic carbocycles. The van der Waals surface area contributed by atoms with E-state index in [1.165, 1.54) is 0 Å². The first-order valence-corrected chi connectivity index (χ1v) is 11.5. The second kappa shape index (κ2) is 10.8. The molecule has 3 aromatic rings.